The number of nitrogens with one attached hydrogen (secondary N) is 3. The molecule has 0 spiro atoms. The van der Waals surface area contributed by atoms with Crippen molar-refractivity contribution in [3.8, 4) is 0 Å². The predicted octanol–water partition coefficient (Wildman–Crippen LogP) is 0.0804. The van der Waals surface area contributed by atoms with Crippen LogP contribution in [0.15, 0.2) is 64.2 Å². The summed E-state index contributed by atoms with van der Waals surface area (Å²) in [6.45, 7) is 0. The minimum absolute atomic E-state index is 0.0802. The monoisotopic (exact) mass is 347 g/mol. The lowest BCUT2D eigenvalue weighted by atomic mass is 10.1. The lowest BCUT2D eigenvalue weighted by molar-refractivity contribution is 0.0963. The Morgan fingerprint density at radius 3 is 2.08 bits per heavy atom. The maximum absolute atomic E-state index is 12.4. The van der Waals surface area contributed by atoms with E-state index in [1.54, 1.807) is 30.3 Å². The fourth-order valence-electron chi connectivity index (χ4n) is 2.53. The van der Waals surface area contributed by atoms with Gasteiger partial charge in [0, 0.05) is 12.6 Å². The van der Waals surface area contributed by atoms with Gasteiger partial charge in [-0.2, -0.15) is 0 Å². The highest BCUT2D eigenvalue weighted by atomic mass is 16.2. The Morgan fingerprint density at radius 1 is 0.846 bits per heavy atom. The smallest absolute Gasteiger partial charge is 0.272 e. The van der Waals surface area contributed by atoms with E-state index >= 15 is 0 Å². The molecule has 6 nitrogen and oxygen atoms in total. The predicted molar refractivity (Wildman–Crippen MR) is 100 cm³/mol. The third kappa shape index (κ3) is 3.70. The molecule has 1 heterocycles. The third-order valence-corrected chi connectivity index (χ3v) is 3.83. The second kappa shape index (κ2) is 7.48. The molecule has 2 aromatic carbocycles. The summed E-state index contributed by atoms with van der Waals surface area (Å²) < 4.78 is 0. The van der Waals surface area contributed by atoms with Crippen molar-refractivity contribution < 1.29 is 4.79 Å². The van der Waals surface area contributed by atoms with Crippen LogP contribution in [0, 0.1) is 0 Å². The summed E-state index contributed by atoms with van der Waals surface area (Å²) in [6.07, 6.45) is 3.08. The van der Waals surface area contributed by atoms with Crippen LogP contribution in [-0.2, 0) is 0 Å². The summed E-state index contributed by atoms with van der Waals surface area (Å²) in [6, 6.07) is 16.0. The molecule has 0 atom stereocenters. The zero-order valence-electron chi connectivity index (χ0n) is 14.1. The SMILES string of the molecule is CNC(=O)c1ccccc1C=c1[nH]c(=O)c(=Cc2ccccc2)[nH]c1=O. The second-order valence-electron chi connectivity index (χ2n) is 5.60. The lowest BCUT2D eigenvalue weighted by Crippen LogP contribution is -2.46. The number of rotatable bonds is 3. The lowest BCUT2D eigenvalue weighted by Gasteiger charge is -2.03. The van der Waals surface area contributed by atoms with Gasteiger partial charge in [0.2, 0.25) is 0 Å². The van der Waals surface area contributed by atoms with Gasteiger partial charge < -0.3 is 15.3 Å². The van der Waals surface area contributed by atoms with Gasteiger partial charge in [-0.3, -0.25) is 14.4 Å². The first-order valence-electron chi connectivity index (χ1n) is 8.01. The summed E-state index contributed by atoms with van der Waals surface area (Å²) in [5, 5.41) is 2.79. The highest BCUT2D eigenvalue weighted by Crippen LogP contribution is 2.08. The Bertz CT molecular complexity index is 1180. The molecule has 3 aromatic rings. The summed E-state index contributed by atoms with van der Waals surface area (Å²) in [5.74, 6) is -0.273. The van der Waals surface area contributed by atoms with Crippen LogP contribution in [0.1, 0.15) is 21.5 Å². The maximum atomic E-state index is 12.4. The van der Waals surface area contributed by atoms with Crippen LogP contribution in [0.5, 0.6) is 0 Å². The highest BCUT2D eigenvalue weighted by Gasteiger charge is 2.07. The van der Waals surface area contributed by atoms with Crippen molar-refractivity contribution in [1.29, 1.82) is 0 Å². The average molecular weight is 347 g/mol. The van der Waals surface area contributed by atoms with Gasteiger partial charge in [0.15, 0.2) is 0 Å². The Balaban J connectivity index is 2.15. The maximum Gasteiger partial charge on any atom is 0.272 e. The van der Waals surface area contributed by atoms with Crippen molar-refractivity contribution in [2.75, 3.05) is 7.05 Å². The van der Waals surface area contributed by atoms with Crippen molar-refractivity contribution in [2.45, 2.75) is 0 Å². The van der Waals surface area contributed by atoms with Gasteiger partial charge >= 0.3 is 0 Å². The number of H-pyrrole nitrogens is 2. The molecule has 0 fully saturated rings. The minimum Gasteiger partial charge on any atom is -0.355 e. The van der Waals surface area contributed by atoms with E-state index in [1.807, 2.05) is 30.3 Å². The molecule has 0 aliphatic carbocycles. The van der Waals surface area contributed by atoms with Crippen LogP contribution in [0.4, 0.5) is 0 Å². The molecule has 0 unspecified atom stereocenters. The van der Waals surface area contributed by atoms with Crippen LogP contribution in [0.2, 0.25) is 0 Å². The van der Waals surface area contributed by atoms with Crippen LogP contribution in [0.3, 0.4) is 0 Å². The number of hydrogen-bond acceptors (Lipinski definition) is 3. The van der Waals surface area contributed by atoms with Crippen molar-refractivity contribution >= 4 is 18.1 Å². The van der Waals surface area contributed by atoms with Crippen molar-refractivity contribution in [1.82, 2.24) is 15.3 Å². The number of aromatic nitrogens is 2. The molecule has 3 N–H and O–H groups in total. The molecular weight excluding hydrogens is 330 g/mol. The van der Waals surface area contributed by atoms with Gasteiger partial charge in [-0.1, -0.05) is 48.5 Å². The summed E-state index contributed by atoms with van der Waals surface area (Å²) in [4.78, 5) is 41.8. The van der Waals surface area contributed by atoms with Crippen molar-refractivity contribution in [2.24, 2.45) is 0 Å². The van der Waals surface area contributed by atoms with Crippen LogP contribution in [0.25, 0.3) is 12.2 Å². The number of amides is 1. The second-order valence-corrected chi connectivity index (χ2v) is 5.60. The average Bonchev–Trinajstić information content (AvgIpc) is 2.66. The van der Waals surface area contributed by atoms with Gasteiger partial charge in [-0.05, 0) is 29.3 Å². The normalized spacial score (nSPS) is 12.2. The van der Waals surface area contributed by atoms with Gasteiger partial charge in [0.25, 0.3) is 17.0 Å². The van der Waals surface area contributed by atoms with Gasteiger partial charge in [0.1, 0.15) is 10.7 Å². The quantitative estimate of drug-likeness (QED) is 0.626. The zero-order chi connectivity index (χ0) is 18.5. The third-order valence-electron chi connectivity index (χ3n) is 3.83. The van der Waals surface area contributed by atoms with Crippen LogP contribution >= 0.6 is 0 Å². The topological polar surface area (TPSA) is 94.8 Å². The fraction of sp³-hybridized carbons (Fsp3) is 0.0500. The largest absolute Gasteiger partial charge is 0.355 e. The molecule has 0 bridgehead atoms. The van der Waals surface area contributed by atoms with Crippen molar-refractivity contribution in [3.63, 3.8) is 0 Å². The number of aromatic amines is 2. The zero-order valence-corrected chi connectivity index (χ0v) is 14.1. The Labute approximate surface area is 148 Å². The molecule has 0 aliphatic rings. The first-order chi connectivity index (χ1) is 12.6. The number of carbonyl (C=O) groups is 1. The molecule has 0 saturated heterocycles. The molecule has 1 aromatic heterocycles. The molecule has 0 aliphatic heterocycles. The van der Waals surface area contributed by atoms with E-state index in [-0.39, 0.29) is 16.6 Å². The number of carbonyl (C=O) groups excluding carboxylic acids is 1. The van der Waals surface area contributed by atoms with E-state index in [4.69, 9.17) is 0 Å². The molecule has 1 amide bonds. The van der Waals surface area contributed by atoms with Crippen molar-refractivity contribution in [3.05, 3.63) is 103 Å². The summed E-state index contributed by atoms with van der Waals surface area (Å²) in [7, 11) is 1.53. The summed E-state index contributed by atoms with van der Waals surface area (Å²) >= 11 is 0. The first kappa shape index (κ1) is 17.2. The van der Waals surface area contributed by atoms with Gasteiger partial charge in [-0.25, -0.2) is 0 Å². The van der Waals surface area contributed by atoms with E-state index in [1.165, 1.54) is 13.1 Å². The van der Waals surface area contributed by atoms with E-state index in [9.17, 15) is 14.4 Å². The minimum atomic E-state index is -0.446. The standard InChI is InChI=1S/C20H17N3O3/c1-21-18(24)15-10-6-5-9-14(15)12-17-20(26)22-16(19(25)23-17)11-13-7-3-2-4-8-13/h2-12H,1H3,(H,21,24)(H,22,26)(H,23,25). The number of benzene rings is 2. The number of hydrogen-bond donors (Lipinski definition) is 3. The molecule has 0 saturated carbocycles. The molecule has 26 heavy (non-hydrogen) atoms. The van der Waals surface area contributed by atoms with Crippen LogP contribution in [-0.4, -0.2) is 22.9 Å². The molecule has 3 rings (SSSR count). The molecular formula is C20H17N3O3. The van der Waals surface area contributed by atoms with E-state index in [2.05, 4.69) is 15.3 Å². The summed E-state index contributed by atoms with van der Waals surface area (Å²) in [5.41, 5.74) is 0.883. The Hall–Kier alpha value is -3.67. The van der Waals surface area contributed by atoms with E-state index in [0.717, 1.165) is 5.56 Å². The highest BCUT2D eigenvalue weighted by molar-refractivity contribution is 5.97. The van der Waals surface area contributed by atoms with Gasteiger partial charge in [0.05, 0.1) is 0 Å². The van der Waals surface area contributed by atoms with E-state index in [0.29, 0.717) is 11.1 Å². The Kier molecular flexibility index (Phi) is 4.94. The first-order valence-corrected chi connectivity index (χ1v) is 8.01. The fourth-order valence-corrected chi connectivity index (χ4v) is 2.53. The van der Waals surface area contributed by atoms with E-state index < -0.39 is 11.1 Å². The Morgan fingerprint density at radius 2 is 1.42 bits per heavy atom. The molecule has 6 heteroatoms. The van der Waals surface area contributed by atoms with Gasteiger partial charge in [-0.15, -0.1) is 0 Å². The molecule has 0 radical (unpaired) electrons. The molecule has 130 valence electrons. The van der Waals surface area contributed by atoms with Crippen LogP contribution < -0.4 is 27.1 Å².